The van der Waals surface area contributed by atoms with Crippen LogP contribution in [-0.4, -0.2) is 38.0 Å². The van der Waals surface area contributed by atoms with E-state index in [1.165, 1.54) is 39.3 Å². The second-order valence-corrected chi connectivity index (χ2v) is 12.7. The summed E-state index contributed by atoms with van der Waals surface area (Å²) in [6, 6.07) is 13.9. The molecule has 39 heavy (non-hydrogen) atoms. The maximum absolute atomic E-state index is 13.6. The molecule has 0 saturated heterocycles. The van der Waals surface area contributed by atoms with Gasteiger partial charge in [0.05, 0.1) is 27.2 Å². The topological polar surface area (TPSA) is 96.3 Å². The third kappa shape index (κ3) is 5.80. The molecular formula is C27H20Cl2N4O3S3. The molecular weight excluding hydrogens is 595 g/mol. The number of anilines is 1. The van der Waals surface area contributed by atoms with E-state index in [0.29, 0.717) is 30.7 Å². The average molecular weight is 616 g/mol. The summed E-state index contributed by atoms with van der Waals surface area (Å²) >= 11 is 16.1. The number of aliphatic hydroxyl groups excluding tert-OH is 1. The van der Waals surface area contributed by atoms with Gasteiger partial charge in [0.25, 0.3) is 5.91 Å². The third-order valence-corrected chi connectivity index (χ3v) is 9.61. The highest BCUT2D eigenvalue weighted by molar-refractivity contribution is 8.00. The van der Waals surface area contributed by atoms with Crippen LogP contribution in [0.25, 0.3) is 6.08 Å². The number of benzene rings is 2. The first-order valence-corrected chi connectivity index (χ1v) is 15.0. The zero-order valence-corrected chi connectivity index (χ0v) is 24.6. The van der Waals surface area contributed by atoms with Gasteiger partial charge in [0.15, 0.2) is 10.1 Å². The summed E-state index contributed by atoms with van der Waals surface area (Å²) in [6.07, 6.45) is 3.52. The predicted molar refractivity (Wildman–Crippen MR) is 158 cm³/mol. The molecule has 0 bridgehead atoms. The summed E-state index contributed by atoms with van der Waals surface area (Å²) in [5.41, 5.74) is 2.29. The first-order chi connectivity index (χ1) is 18.7. The minimum absolute atomic E-state index is 0.0173. The van der Waals surface area contributed by atoms with E-state index in [2.05, 4.69) is 15.2 Å². The van der Waals surface area contributed by atoms with E-state index in [0.717, 1.165) is 16.1 Å². The standard InChI is InChI=1S/C27H20Cl2N4O3S3/c1-14-24(38-15(2)30-14)22(34)21-20(11-8-16-6-4-3-5-7-16)33(25(36)23(21)35)26-31-32-27(39-26)37-13-17-9-10-18(28)12-19(17)29/h3-12,20,35H,13H2,1-2H3. The Hall–Kier alpha value is -3.02. The molecule has 1 amide bonds. The van der Waals surface area contributed by atoms with Crippen molar-refractivity contribution in [3.8, 4) is 0 Å². The van der Waals surface area contributed by atoms with Crippen LogP contribution >= 0.6 is 57.6 Å². The zero-order chi connectivity index (χ0) is 27.7. The van der Waals surface area contributed by atoms with Gasteiger partial charge in [-0.1, -0.05) is 94.9 Å². The number of aryl methyl sites for hydroxylation is 2. The van der Waals surface area contributed by atoms with Crippen molar-refractivity contribution in [1.29, 1.82) is 0 Å². The molecule has 0 fully saturated rings. The predicted octanol–water partition coefficient (Wildman–Crippen LogP) is 7.33. The molecule has 12 heteroatoms. The number of hydrogen-bond acceptors (Lipinski definition) is 9. The van der Waals surface area contributed by atoms with Gasteiger partial charge in [-0.15, -0.1) is 21.5 Å². The number of Topliss-reactive ketones (excluding diaryl/α,β-unsaturated/α-hetero) is 1. The Kier molecular flexibility index (Phi) is 8.20. The van der Waals surface area contributed by atoms with Gasteiger partial charge in [0.2, 0.25) is 10.9 Å². The number of aromatic nitrogens is 3. The van der Waals surface area contributed by atoms with Crippen LogP contribution < -0.4 is 4.90 Å². The van der Waals surface area contributed by atoms with Crippen LogP contribution in [0.3, 0.4) is 0 Å². The van der Waals surface area contributed by atoms with Gasteiger partial charge in [-0.05, 0) is 37.1 Å². The Morgan fingerprint density at radius 3 is 2.59 bits per heavy atom. The number of amides is 1. The molecule has 198 valence electrons. The summed E-state index contributed by atoms with van der Waals surface area (Å²) in [4.78, 5) is 33.0. The molecule has 2 aromatic heterocycles. The fourth-order valence-corrected chi connectivity index (χ4v) is 7.33. The number of halogens is 2. The molecule has 3 heterocycles. The SMILES string of the molecule is Cc1nc(C)c(C(=O)C2=C(O)C(=O)N(c3nnc(SCc4ccc(Cl)cc4Cl)s3)C2C=Cc2ccccc2)s1. The van der Waals surface area contributed by atoms with Gasteiger partial charge in [-0.3, -0.25) is 14.5 Å². The lowest BCUT2D eigenvalue weighted by molar-refractivity contribution is -0.116. The van der Waals surface area contributed by atoms with Crippen molar-refractivity contribution >= 4 is 80.5 Å². The summed E-state index contributed by atoms with van der Waals surface area (Å²) in [6.45, 7) is 3.54. The maximum atomic E-state index is 13.6. The van der Waals surface area contributed by atoms with Crippen molar-refractivity contribution in [2.45, 2.75) is 30.0 Å². The highest BCUT2D eigenvalue weighted by atomic mass is 35.5. The monoisotopic (exact) mass is 614 g/mol. The molecule has 0 radical (unpaired) electrons. The van der Waals surface area contributed by atoms with E-state index in [-0.39, 0.29) is 10.7 Å². The van der Waals surface area contributed by atoms with Crippen molar-refractivity contribution in [2.75, 3.05) is 4.90 Å². The van der Waals surface area contributed by atoms with Crippen LogP contribution in [0.15, 0.2) is 70.3 Å². The van der Waals surface area contributed by atoms with E-state index in [9.17, 15) is 14.7 Å². The fraction of sp³-hybridized carbons (Fsp3) is 0.148. The summed E-state index contributed by atoms with van der Waals surface area (Å²) in [5.74, 6) is -1.24. The fourth-order valence-electron chi connectivity index (χ4n) is 4.02. The lowest BCUT2D eigenvalue weighted by Gasteiger charge is -2.20. The van der Waals surface area contributed by atoms with E-state index in [4.69, 9.17) is 23.2 Å². The molecule has 1 aliphatic rings. The van der Waals surface area contributed by atoms with E-state index >= 15 is 0 Å². The van der Waals surface area contributed by atoms with Crippen molar-refractivity contribution < 1.29 is 14.7 Å². The lowest BCUT2D eigenvalue weighted by atomic mass is 10.0. The first-order valence-electron chi connectivity index (χ1n) is 11.6. The Morgan fingerprint density at radius 1 is 1.13 bits per heavy atom. The molecule has 7 nitrogen and oxygen atoms in total. The minimum Gasteiger partial charge on any atom is -0.503 e. The number of ketones is 1. The molecule has 0 aliphatic carbocycles. The largest absolute Gasteiger partial charge is 0.503 e. The van der Waals surface area contributed by atoms with Crippen LogP contribution in [0, 0.1) is 13.8 Å². The minimum atomic E-state index is -0.886. The normalized spacial score (nSPS) is 15.6. The summed E-state index contributed by atoms with van der Waals surface area (Å²) in [5, 5.41) is 21.5. The number of thioether (sulfide) groups is 1. The number of thiazole rings is 1. The molecule has 1 N–H and O–H groups in total. The second-order valence-electron chi connectivity index (χ2n) is 8.50. The van der Waals surface area contributed by atoms with Gasteiger partial charge in [-0.25, -0.2) is 4.98 Å². The van der Waals surface area contributed by atoms with E-state index in [1.54, 1.807) is 38.1 Å². The van der Waals surface area contributed by atoms with Crippen molar-refractivity contribution in [2.24, 2.45) is 0 Å². The molecule has 1 aliphatic heterocycles. The Morgan fingerprint density at radius 2 is 1.90 bits per heavy atom. The van der Waals surface area contributed by atoms with Gasteiger partial charge >= 0.3 is 0 Å². The lowest BCUT2D eigenvalue weighted by Crippen LogP contribution is -2.35. The second kappa shape index (κ2) is 11.6. The molecule has 0 saturated carbocycles. The van der Waals surface area contributed by atoms with Gasteiger partial charge in [-0.2, -0.15) is 0 Å². The molecule has 1 unspecified atom stereocenters. The van der Waals surface area contributed by atoms with Crippen molar-refractivity contribution in [1.82, 2.24) is 15.2 Å². The molecule has 4 aromatic rings. The Labute approximate surface area is 246 Å². The van der Waals surface area contributed by atoms with Crippen molar-refractivity contribution in [3.63, 3.8) is 0 Å². The molecule has 5 rings (SSSR count). The van der Waals surface area contributed by atoms with Crippen LogP contribution in [-0.2, 0) is 10.5 Å². The van der Waals surface area contributed by atoms with Crippen molar-refractivity contribution in [3.05, 3.63) is 103 Å². The van der Waals surface area contributed by atoms with Gasteiger partial charge in [0, 0.05) is 15.8 Å². The maximum Gasteiger partial charge on any atom is 0.296 e. The number of rotatable bonds is 8. The number of carbonyl (C=O) groups excluding carboxylic acids is 2. The van der Waals surface area contributed by atoms with Crippen LogP contribution in [0.1, 0.15) is 31.5 Å². The molecule has 1 atom stereocenters. The number of nitrogens with zero attached hydrogens (tertiary/aromatic N) is 4. The molecule has 0 spiro atoms. The van der Waals surface area contributed by atoms with E-state index in [1.807, 2.05) is 36.4 Å². The average Bonchev–Trinajstić information content (AvgIpc) is 3.58. The Balaban J connectivity index is 1.47. The Bertz CT molecular complexity index is 1630. The number of aliphatic hydroxyl groups is 1. The first kappa shape index (κ1) is 27.5. The summed E-state index contributed by atoms with van der Waals surface area (Å²) in [7, 11) is 0. The highest BCUT2D eigenvalue weighted by Gasteiger charge is 2.44. The smallest absolute Gasteiger partial charge is 0.296 e. The van der Waals surface area contributed by atoms with Gasteiger partial charge in [0.1, 0.15) is 0 Å². The zero-order valence-electron chi connectivity index (χ0n) is 20.6. The highest BCUT2D eigenvalue weighted by Crippen LogP contribution is 2.39. The van der Waals surface area contributed by atoms with Crippen LogP contribution in [0.5, 0.6) is 0 Å². The third-order valence-electron chi connectivity index (χ3n) is 5.84. The molecule has 2 aromatic carbocycles. The van der Waals surface area contributed by atoms with Crippen LogP contribution in [0.4, 0.5) is 5.13 Å². The number of hydrogen-bond donors (Lipinski definition) is 1. The number of carbonyl (C=O) groups is 2. The quantitative estimate of drug-likeness (QED) is 0.126. The van der Waals surface area contributed by atoms with Crippen LogP contribution in [0.2, 0.25) is 10.0 Å². The van der Waals surface area contributed by atoms with Gasteiger partial charge < -0.3 is 5.11 Å². The summed E-state index contributed by atoms with van der Waals surface area (Å²) < 4.78 is 0.600. The van der Waals surface area contributed by atoms with E-state index < -0.39 is 23.5 Å².